The predicted octanol–water partition coefficient (Wildman–Crippen LogP) is 3.79. The van der Waals surface area contributed by atoms with E-state index in [1.165, 1.54) is 7.11 Å². The molecule has 1 N–H and O–H groups in total. The molecule has 3 aromatic rings. The Balaban J connectivity index is 1.83. The summed E-state index contributed by atoms with van der Waals surface area (Å²) in [6, 6.07) is 16.4. The SMILES string of the molecule is COc1cccc(Cl)c1C(=O)Nc1ccn(-c2ccccc2)n1. The second-order valence-corrected chi connectivity index (χ2v) is 5.16. The number of methoxy groups -OCH3 is 1. The first-order chi connectivity index (χ1) is 11.2. The van der Waals surface area contributed by atoms with Gasteiger partial charge in [0, 0.05) is 12.3 Å². The van der Waals surface area contributed by atoms with E-state index in [1.54, 1.807) is 35.1 Å². The maximum Gasteiger partial charge on any atom is 0.262 e. The van der Waals surface area contributed by atoms with Gasteiger partial charge in [-0.25, -0.2) is 4.68 Å². The van der Waals surface area contributed by atoms with E-state index in [0.717, 1.165) is 5.69 Å². The van der Waals surface area contributed by atoms with E-state index in [2.05, 4.69) is 10.4 Å². The molecule has 0 atom stereocenters. The fourth-order valence-corrected chi connectivity index (χ4v) is 2.44. The van der Waals surface area contributed by atoms with Crippen molar-refractivity contribution in [3.05, 3.63) is 71.4 Å². The molecule has 6 heteroatoms. The number of amides is 1. The van der Waals surface area contributed by atoms with Crippen molar-refractivity contribution >= 4 is 23.3 Å². The topological polar surface area (TPSA) is 56.1 Å². The summed E-state index contributed by atoms with van der Waals surface area (Å²) < 4.78 is 6.87. The number of anilines is 1. The molecule has 0 unspecified atom stereocenters. The van der Waals surface area contributed by atoms with E-state index in [4.69, 9.17) is 16.3 Å². The number of halogens is 1. The summed E-state index contributed by atoms with van der Waals surface area (Å²) in [6.07, 6.45) is 1.77. The molecular formula is C17H14ClN3O2. The van der Waals surface area contributed by atoms with Crippen molar-refractivity contribution < 1.29 is 9.53 Å². The van der Waals surface area contributed by atoms with Gasteiger partial charge in [-0.15, -0.1) is 0 Å². The van der Waals surface area contributed by atoms with Crippen LogP contribution in [0.25, 0.3) is 5.69 Å². The van der Waals surface area contributed by atoms with Gasteiger partial charge in [-0.1, -0.05) is 35.9 Å². The lowest BCUT2D eigenvalue weighted by atomic mass is 10.2. The van der Waals surface area contributed by atoms with Crippen molar-refractivity contribution in [1.29, 1.82) is 0 Å². The summed E-state index contributed by atoms with van der Waals surface area (Å²) >= 11 is 6.10. The zero-order valence-corrected chi connectivity index (χ0v) is 13.1. The quantitative estimate of drug-likeness (QED) is 0.793. The Hall–Kier alpha value is -2.79. The lowest BCUT2D eigenvalue weighted by Gasteiger charge is -2.09. The van der Waals surface area contributed by atoms with E-state index in [0.29, 0.717) is 16.6 Å². The number of nitrogens with one attached hydrogen (secondary N) is 1. The Labute approximate surface area is 138 Å². The summed E-state index contributed by atoms with van der Waals surface area (Å²) in [5, 5.41) is 7.38. The molecule has 0 radical (unpaired) electrons. The Morgan fingerprint density at radius 1 is 1.13 bits per heavy atom. The molecule has 0 aliphatic heterocycles. The molecule has 1 aromatic heterocycles. The minimum Gasteiger partial charge on any atom is -0.496 e. The highest BCUT2D eigenvalue weighted by Crippen LogP contribution is 2.27. The maximum absolute atomic E-state index is 12.4. The molecule has 0 spiro atoms. The highest BCUT2D eigenvalue weighted by Gasteiger charge is 2.17. The van der Waals surface area contributed by atoms with Crippen LogP contribution in [0.5, 0.6) is 5.75 Å². The van der Waals surface area contributed by atoms with Crippen LogP contribution >= 0.6 is 11.6 Å². The largest absolute Gasteiger partial charge is 0.496 e. The second-order valence-electron chi connectivity index (χ2n) is 4.75. The fraction of sp³-hybridized carbons (Fsp3) is 0.0588. The van der Waals surface area contributed by atoms with Gasteiger partial charge in [-0.05, 0) is 24.3 Å². The number of carbonyl (C=O) groups is 1. The monoisotopic (exact) mass is 327 g/mol. The molecule has 0 saturated heterocycles. The van der Waals surface area contributed by atoms with Gasteiger partial charge in [0.1, 0.15) is 11.3 Å². The van der Waals surface area contributed by atoms with E-state index in [9.17, 15) is 4.79 Å². The third kappa shape index (κ3) is 3.19. The van der Waals surface area contributed by atoms with E-state index >= 15 is 0 Å². The first-order valence-electron chi connectivity index (χ1n) is 6.94. The minimum atomic E-state index is -0.370. The van der Waals surface area contributed by atoms with Crippen molar-refractivity contribution in [1.82, 2.24) is 9.78 Å². The van der Waals surface area contributed by atoms with Gasteiger partial charge in [-0.3, -0.25) is 4.79 Å². The fourth-order valence-electron chi connectivity index (χ4n) is 2.19. The Morgan fingerprint density at radius 3 is 2.65 bits per heavy atom. The molecule has 23 heavy (non-hydrogen) atoms. The zero-order chi connectivity index (χ0) is 16.2. The van der Waals surface area contributed by atoms with Crippen LogP contribution in [0.2, 0.25) is 5.02 Å². The average Bonchev–Trinajstić information content (AvgIpc) is 3.03. The molecule has 0 saturated carbocycles. The number of hydrogen-bond acceptors (Lipinski definition) is 3. The zero-order valence-electron chi connectivity index (χ0n) is 12.4. The number of nitrogens with zero attached hydrogens (tertiary/aromatic N) is 2. The van der Waals surface area contributed by atoms with Gasteiger partial charge in [0.05, 0.1) is 17.8 Å². The van der Waals surface area contributed by atoms with Crippen molar-refractivity contribution in [3.63, 3.8) is 0 Å². The first kappa shape index (κ1) is 15.1. The number of benzene rings is 2. The molecule has 2 aromatic carbocycles. The number of carbonyl (C=O) groups excluding carboxylic acids is 1. The van der Waals surface area contributed by atoms with Crippen LogP contribution in [0.15, 0.2) is 60.8 Å². The van der Waals surface area contributed by atoms with Gasteiger partial charge < -0.3 is 10.1 Å². The van der Waals surface area contributed by atoms with Crippen molar-refractivity contribution in [3.8, 4) is 11.4 Å². The summed E-state index contributed by atoms with van der Waals surface area (Å²) in [5.74, 6) is 0.476. The summed E-state index contributed by atoms with van der Waals surface area (Å²) in [5.41, 5.74) is 1.19. The molecule has 0 aliphatic rings. The number of rotatable bonds is 4. The number of ether oxygens (including phenoxy) is 1. The van der Waals surface area contributed by atoms with Crippen LogP contribution in [0, 0.1) is 0 Å². The van der Waals surface area contributed by atoms with Crippen LogP contribution in [0.4, 0.5) is 5.82 Å². The number of aromatic nitrogens is 2. The molecule has 1 heterocycles. The molecular weight excluding hydrogens is 314 g/mol. The lowest BCUT2D eigenvalue weighted by molar-refractivity contribution is 0.102. The smallest absolute Gasteiger partial charge is 0.262 e. The standard InChI is InChI=1S/C17H14ClN3O2/c1-23-14-9-5-8-13(18)16(14)17(22)19-15-10-11-21(20-15)12-6-3-2-4-7-12/h2-11H,1H3,(H,19,20,22). The summed E-state index contributed by atoms with van der Waals surface area (Å²) in [4.78, 5) is 12.4. The van der Waals surface area contributed by atoms with Gasteiger partial charge in [0.15, 0.2) is 5.82 Å². The van der Waals surface area contributed by atoms with Gasteiger partial charge in [0.25, 0.3) is 5.91 Å². The van der Waals surface area contributed by atoms with E-state index < -0.39 is 0 Å². The first-order valence-corrected chi connectivity index (χ1v) is 7.32. The Kier molecular flexibility index (Phi) is 4.30. The van der Waals surface area contributed by atoms with Crippen molar-refractivity contribution in [2.45, 2.75) is 0 Å². The number of hydrogen-bond donors (Lipinski definition) is 1. The lowest BCUT2D eigenvalue weighted by Crippen LogP contribution is -2.14. The highest BCUT2D eigenvalue weighted by molar-refractivity contribution is 6.34. The van der Waals surface area contributed by atoms with Crippen molar-refractivity contribution in [2.24, 2.45) is 0 Å². The predicted molar refractivity (Wildman–Crippen MR) is 89.5 cm³/mol. The molecule has 0 bridgehead atoms. The molecule has 1 amide bonds. The average molecular weight is 328 g/mol. The van der Waals surface area contributed by atoms with Crippen LogP contribution in [-0.4, -0.2) is 22.8 Å². The molecule has 0 fully saturated rings. The third-order valence-corrected chi connectivity index (χ3v) is 3.59. The minimum absolute atomic E-state index is 0.283. The van der Waals surface area contributed by atoms with E-state index in [-0.39, 0.29) is 11.5 Å². The summed E-state index contributed by atoms with van der Waals surface area (Å²) in [6.45, 7) is 0. The highest BCUT2D eigenvalue weighted by atomic mass is 35.5. The Morgan fingerprint density at radius 2 is 1.91 bits per heavy atom. The third-order valence-electron chi connectivity index (χ3n) is 3.27. The van der Waals surface area contributed by atoms with Crippen LogP contribution < -0.4 is 10.1 Å². The van der Waals surface area contributed by atoms with Gasteiger partial charge in [-0.2, -0.15) is 5.10 Å². The molecule has 116 valence electrons. The van der Waals surface area contributed by atoms with Gasteiger partial charge in [0.2, 0.25) is 0 Å². The maximum atomic E-state index is 12.4. The molecule has 3 rings (SSSR count). The second kappa shape index (κ2) is 6.54. The molecule has 0 aliphatic carbocycles. The van der Waals surface area contributed by atoms with Gasteiger partial charge >= 0.3 is 0 Å². The molecule has 5 nitrogen and oxygen atoms in total. The Bertz CT molecular complexity index is 831. The summed E-state index contributed by atoms with van der Waals surface area (Å²) in [7, 11) is 1.49. The van der Waals surface area contributed by atoms with Crippen LogP contribution in [-0.2, 0) is 0 Å². The van der Waals surface area contributed by atoms with Crippen molar-refractivity contribution in [2.75, 3.05) is 12.4 Å². The van der Waals surface area contributed by atoms with Crippen LogP contribution in [0.3, 0.4) is 0 Å². The normalized spacial score (nSPS) is 10.3. The number of para-hydroxylation sites is 1. The van der Waals surface area contributed by atoms with E-state index in [1.807, 2.05) is 30.3 Å². The van der Waals surface area contributed by atoms with Crippen LogP contribution in [0.1, 0.15) is 10.4 Å².